The van der Waals surface area contributed by atoms with Gasteiger partial charge in [-0.05, 0) is 110 Å². The van der Waals surface area contributed by atoms with Gasteiger partial charge < -0.3 is 38.3 Å². The molecule has 0 aromatic heterocycles. The van der Waals surface area contributed by atoms with Gasteiger partial charge in [-0.15, -0.1) is 0 Å². The highest BCUT2D eigenvalue weighted by Crippen LogP contribution is 2.54. The topological polar surface area (TPSA) is 91.3 Å². The van der Waals surface area contributed by atoms with Gasteiger partial charge in [0.15, 0.2) is 46.0 Å². The number of rotatable bonds is 10. The van der Waals surface area contributed by atoms with Gasteiger partial charge in [-0.1, -0.05) is 0 Å². The van der Waals surface area contributed by atoms with E-state index in [9.17, 15) is 5.11 Å². The average Bonchev–Trinajstić information content (AvgIpc) is 3.14. The van der Waals surface area contributed by atoms with Gasteiger partial charge in [0, 0.05) is 42.4 Å². The number of nitrogens with zero attached hydrogens (tertiary/aromatic N) is 2. The molecule has 50 heavy (non-hydrogen) atoms. The molecule has 0 fully saturated rings. The van der Waals surface area contributed by atoms with Crippen molar-refractivity contribution in [3.63, 3.8) is 0 Å². The van der Waals surface area contributed by atoms with E-state index in [-0.39, 0.29) is 17.8 Å². The van der Waals surface area contributed by atoms with Crippen molar-refractivity contribution in [2.45, 2.75) is 37.8 Å². The fourth-order valence-corrected chi connectivity index (χ4v) is 8.02. The molecule has 1 aliphatic carbocycles. The number of fused-ring (bicyclic) bond motifs is 3. The molecule has 2 aliphatic heterocycles. The number of likely N-dealkylation sites (N-methyl/N-ethyl adjacent to an activating group) is 2. The summed E-state index contributed by atoms with van der Waals surface area (Å²) in [4.78, 5) is 4.72. The van der Waals surface area contributed by atoms with E-state index in [1.54, 1.807) is 42.7 Å². The van der Waals surface area contributed by atoms with Gasteiger partial charge in [0.05, 0.1) is 42.7 Å². The fraction of sp³-hybridized carbons (Fsp3) is 0.400. The molecule has 2 heterocycles. The summed E-state index contributed by atoms with van der Waals surface area (Å²) >= 11 is 0. The van der Waals surface area contributed by atoms with E-state index >= 15 is 0 Å². The van der Waals surface area contributed by atoms with Gasteiger partial charge in [-0.3, -0.25) is 9.80 Å². The van der Waals surface area contributed by atoms with Crippen molar-refractivity contribution >= 4 is 0 Å². The Kier molecular flexibility index (Phi) is 9.09. The van der Waals surface area contributed by atoms with Crippen molar-refractivity contribution < 1.29 is 38.3 Å². The first kappa shape index (κ1) is 33.7. The summed E-state index contributed by atoms with van der Waals surface area (Å²) < 4.78 is 41.3. The Hall–Kier alpha value is -4.80. The second kappa shape index (κ2) is 13.5. The van der Waals surface area contributed by atoms with E-state index in [2.05, 4.69) is 42.1 Å². The molecule has 0 radical (unpaired) electrons. The van der Waals surface area contributed by atoms with Gasteiger partial charge in [0.2, 0.25) is 0 Å². The van der Waals surface area contributed by atoms with E-state index in [1.165, 1.54) is 16.7 Å². The van der Waals surface area contributed by atoms with Gasteiger partial charge in [0.1, 0.15) is 5.75 Å². The Morgan fingerprint density at radius 3 is 1.86 bits per heavy atom. The zero-order chi connectivity index (χ0) is 35.3. The van der Waals surface area contributed by atoms with E-state index in [1.807, 2.05) is 24.3 Å². The van der Waals surface area contributed by atoms with Crippen molar-refractivity contribution in [3.05, 3.63) is 75.8 Å². The maximum absolute atomic E-state index is 11.5. The molecule has 3 aliphatic rings. The van der Waals surface area contributed by atoms with Crippen molar-refractivity contribution in [1.29, 1.82) is 0 Å². The molecule has 0 saturated carbocycles. The zero-order valence-corrected chi connectivity index (χ0v) is 30.1. The Labute approximate surface area is 294 Å². The number of hydrogen-bond donors (Lipinski definition) is 1. The third-order valence-corrected chi connectivity index (χ3v) is 10.8. The van der Waals surface area contributed by atoms with Crippen LogP contribution in [0.3, 0.4) is 0 Å². The highest BCUT2D eigenvalue weighted by molar-refractivity contribution is 5.84. The molecular formula is C40H46N2O8. The first-order valence-corrected chi connectivity index (χ1v) is 16.9. The molecule has 264 valence electrons. The second-order valence-corrected chi connectivity index (χ2v) is 13.3. The SMILES string of the molecule is COc1cc(C[C@H]2c3cc(OC)c(OC)cc3CCN2C)c(Oc2cc3c(cc2OC)-c2c(O)c(OC)cc4c2[C@@H](C3)N(C)CC4)cc1OC. The highest BCUT2D eigenvalue weighted by Gasteiger charge is 2.37. The number of benzene rings is 4. The Morgan fingerprint density at radius 2 is 1.16 bits per heavy atom. The number of phenols is 1. The Balaban J connectivity index is 1.33. The summed E-state index contributed by atoms with van der Waals surface area (Å²) in [5, 5.41) is 11.5. The lowest BCUT2D eigenvalue weighted by Crippen LogP contribution is -2.35. The lowest BCUT2D eigenvalue weighted by Gasteiger charge is -2.40. The first-order chi connectivity index (χ1) is 24.2. The first-order valence-electron chi connectivity index (χ1n) is 16.9. The van der Waals surface area contributed by atoms with Gasteiger partial charge >= 0.3 is 0 Å². The molecule has 4 aromatic rings. The van der Waals surface area contributed by atoms with Crippen LogP contribution in [0.15, 0.2) is 42.5 Å². The van der Waals surface area contributed by atoms with Crippen LogP contribution in [0, 0.1) is 0 Å². The largest absolute Gasteiger partial charge is 0.504 e. The summed E-state index contributed by atoms with van der Waals surface area (Å²) in [5.74, 6) is 5.02. The fourth-order valence-electron chi connectivity index (χ4n) is 8.02. The third-order valence-electron chi connectivity index (χ3n) is 10.8. The van der Waals surface area contributed by atoms with Crippen LogP contribution in [-0.2, 0) is 25.7 Å². The van der Waals surface area contributed by atoms with Crippen LogP contribution < -0.4 is 33.2 Å². The molecule has 10 nitrogen and oxygen atoms in total. The number of methoxy groups -OCH3 is 6. The van der Waals surface area contributed by atoms with E-state index in [4.69, 9.17) is 33.2 Å². The molecule has 0 spiro atoms. The predicted molar refractivity (Wildman–Crippen MR) is 191 cm³/mol. The highest BCUT2D eigenvalue weighted by atomic mass is 16.5. The molecule has 0 bridgehead atoms. The number of hydrogen-bond acceptors (Lipinski definition) is 10. The predicted octanol–water partition coefficient (Wildman–Crippen LogP) is 6.76. The summed E-state index contributed by atoms with van der Waals surface area (Å²) in [6.45, 7) is 1.82. The monoisotopic (exact) mass is 682 g/mol. The Morgan fingerprint density at radius 1 is 0.600 bits per heavy atom. The van der Waals surface area contributed by atoms with E-state index in [0.29, 0.717) is 46.7 Å². The molecule has 1 N–H and O–H groups in total. The summed E-state index contributed by atoms with van der Waals surface area (Å²) in [6, 6.07) is 14.3. The van der Waals surface area contributed by atoms with Crippen LogP contribution in [0.25, 0.3) is 11.1 Å². The molecular weight excluding hydrogens is 636 g/mol. The van der Waals surface area contributed by atoms with Crippen molar-refractivity contribution in [2.24, 2.45) is 0 Å². The number of aromatic hydroxyl groups is 1. The van der Waals surface area contributed by atoms with Crippen molar-refractivity contribution in [1.82, 2.24) is 9.80 Å². The maximum Gasteiger partial charge on any atom is 0.169 e. The normalized spacial score (nSPS) is 18.0. The van der Waals surface area contributed by atoms with Crippen molar-refractivity contribution in [2.75, 3.05) is 69.8 Å². The lowest BCUT2D eigenvalue weighted by molar-refractivity contribution is 0.226. The summed E-state index contributed by atoms with van der Waals surface area (Å²) in [6.07, 6.45) is 3.21. The molecule has 7 rings (SSSR count). The standard InChI is InChI=1S/C40H46N2O8/c1-41-11-9-22-15-31(44-3)33(46-5)19-26(22)28(41)14-25-18-32(45-4)35(48-7)21-30(25)50-36-17-24-13-29-38-23(10-12-42(29)2)16-37(49-8)40(43)39(38)27(24)20-34(36)47-6/h15-21,28-29,43H,9-14H2,1-8H3/t28-,29+/m0/s1. The van der Waals surface area contributed by atoms with Crippen LogP contribution >= 0.6 is 0 Å². The van der Waals surface area contributed by atoms with Crippen molar-refractivity contribution in [3.8, 4) is 62.9 Å². The minimum absolute atomic E-state index is 0.0370. The van der Waals surface area contributed by atoms with Gasteiger partial charge in [-0.2, -0.15) is 0 Å². The van der Waals surface area contributed by atoms with Crippen LogP contribution in [0.4, 0.5) is 0 Å². The molecule has 10 heteroatoms. The van der Waals surface area contributed by atoms with E-state index in [0.717, 1.165) is 65.9 Å². The lowest BCUT2D eigenvalue weighted by atomic mass is 9.76. The van der Waals surface area contributed by atoms with Gasteiger partial charge in [-0.25, -0.2) is 0 Å². The zero-order valence-electron chi connectivity index (χ0n) is 30.1. The van der Waals surface area contributed by atoms with Gasteiger partial charge in [0.25, 0.3) is 0 Å². The third kappa shape index (κ3) is 5.60. The molecule has 0 amide bonds. The van der Waals surface area contributed by atoms with Crippen LogP contribution in [0.5, 0.6) is 51.7 Å². The molecule has 0 saturated heterocycles. The quantitative estimate of drug-likeness (QED) is 0.194. The maximum atomic E-state index is 11.5. The molecule has 4 aromatic carbocycles. The molecule has 2 atom stereocenters. The van der Waals surface area contributed by atoms with Crippen LogP contribution in [0.1, 0.15) is 45.5 Å². The number of ether oxygens (including phenoxy) is 7. The smallest absolute Gasteiger partial charge is 0.169 e. The average molecular weight is 683 g/mol. The minimum atomic E-state index is 0.0370. The summed E-state index contributed by atoms with van der Waals surface area (Å²) in [5.41, 5.74) is 8.54. The van der Waals surface area contributed by atoms with Crippen LogP contribution in [-0.4, -0.2) is 84.7 Å². The molecule has 0 unspecified atom stereocenters. The summed E-state index contributed by atoms with van der Waals surface area (Å²) in [7, 11) is 14.1. The Bertz CT molecular complexity index is 1940. The number of phenolic OH excluding ortho intramolecular Hbond substituents is 1. The second-order valence-electron chi connectivity index (χ2n) is 13.3. The van der Waals surface area contributed by atoms with Crippen LogP contribution in [0.2, 0.25) is 0 Å². The minimum Gasteiger partial charge on any atom is -0.504 e. The van der Waals surface area contributed by atoms with E-state index < -0.39 is 0 Å².